The molecule has 2 heterocycles. The Bertz CT molecular complexity index is 575. The number of nitrogens with zero attached hydrogens (tertiary/aromatic N) is 2. The van der Waals surface area contributed by atoms with Crippen molar-refractivity contribution in [2.45, 2.75) is 53.0 Å². The number of aryl methyl sites for hydroxylation is 2. The first-order valence-electron chi connectivity index (χ1n) is 7.22. The minimum absolute atomic E-state index is 0.516. The van der Waals surface area contributed by atoms with E-state index in [1.807, 2.05) is 0 Å². The molecular weight excluding hydrogens is 254 g/mol. The van der Waals surface area contributed by atoms with Crippen LogP contribution in [0.5, 0.6) is 0 Å². The Morgan fingerprint density at radius 2 is 2.11 bits per heavy atom. The van der Waals surface area contributed by atoms with Gasteiger partial charge in [-0.25, -0.2) is 4.98 Å². The largest absolute Gasteiger partial charge is 0.311 e. The third kappa shape index (κ3) is 2.56. The average Bonchev–Trinajstić information content (AvgIpc) is 2.98. The van der Waals surface area contributed by atoms with Crippen LogP contribution in [0.25, 0.3) is 4.96 Å². The van der Waals surface area contributed by atoms with Gasteiger partial charge >= 0.3 is 0 Å². The topological polar surface area (TPSA) is 29.3 Å². The minimum atomic E-state index is 0.516. The quantitative estimate of drug-likeness (QED) is 0.923. The molecule has 0 aromatic carbocycles. The molecule has 0 saturated heterocycles. The molecule has 0 aliphatic heterocycles. The van der Waals surface area contributed by atoms with E-state index >= 15 is 0 Å². The summed E-state index contributed by atoms with van der Waals surface area (Å²) in [6, 6.07) is 0. The van der Waals surface area contributed by atoms with Crippen LogP contribution >= 0.6 is 11.3 Å². The summed E-state index contributed by atoms with van der Waals surface area (Å²) >= 11 is 1.77. The summed E-state index contributed by atoms with van der Waals surface area (Å²) in [7, 11) is 0. The fraction of sp³-hybridized carbons (Fsp3) is 0.667. The first-order chi connectivity index (χ1) is 9.07. The van der Waals surface area contributed by atoms with E-state index in [4.69, 9.17) is 0 Å². The van der Waals surface area contributed by atoms with Crippen LogP contribution in [0.4, 0.5) is 0 Å². The molecule has 0 radical (unpaired) electrons. The van der Waals surface area contributed by atoms with Gasteiger partial charge < -0.3 is 5.32 Å². The number of nitrogens with one attached hydrogen (secondary N) is 1. The fourth-order valence-corrected chi connectivity index (χ4v) is 4.10. The van der Waals surface area contributed by atoms with Gasteiger partial charge in [0.2, 0.25) is 0 Å². The van der Waals surface area contributed by atoms with Gasteiger partial charge in [-0.1, -0.05) is 19.8 Å². The lowest BCUT2D eigenvalue weighted by molar-refractivity contribution is 0.314. The molecule has 4 heteroatoms. The van der Waals surface area contributed by atoms with Crippen molar-refractivity contribution in [2.24, 2.45) is 5.41 Å². The molecule has 1 N–H and O–H groups in total. The van der Waals surface area contributed by atoms with Crippen LogP contribution in [0.1, 0.15) is 48.9 Å². The maximum atomic E-state index is 4.64. The predicted molar refractivity (Wildman–Crippen MR) is 80.8 cm³/mol. The van der Waals surface area contributed by atoms with Gasteiger partial charge in [-0.2, -0.15) is 0 Å². The van der Waals surface area contributed by atoms with Crippen molar-refractivity contribution in [3.63, 3.8) is 0 Å². The summed E-state index contributed by atoms with van der Waals surface area (Å²) < 4.78 is 2.25. The lowest BCUT2D eigenvalue weighted by Crippen LogP contribution is -2.29. The van der Waals surface area contributed by atoms with Crippen LogP contribution in [0.15, 0.2) is 6.20 Å². The highest BCUT2D eigenvalue weighted by atomic mass is 32.1. The van der Waals surface area contributed by atoms with Crippen LogP contribution in [0, 0.1) is 19.3 Å². The smallest absolute Gasteiger partial charge is 0.194 e. The van der Waals surface area contributed by atoms with Crippen LogP contribution in [0.2, 0.25) is 0 Å². The molecule has 3 nitrogen and oxygen atoms in total. The highest BCUT2D eigenvalue weighted by molar-refractivity contribution is 7.17. The van der Waals surface area contributed by atoms with E-state index in [2.05, 4.69) is 41.7 Å². The summed E-state index contributed by atoms with van der Waals surface area (Å²) in [5, 5.41) is 3.66. The Kier molecular flexibility index (Phi) is 3.39. The maximum absolute atomic E-state index is 4.64. The Labute approximate surface area is 119 Å². The molecule has 1 aliphatic rings. The van der Waals surface area contributed by atoms with Crippen molar-refractivity contribution in [1.29, 1.82) is 0 Å². The first kappa shape index (κ1) is 13.1. The third-order valence-corrected chi connectivity index (χ3v) is 5.29. The van der Waals surface area contributed by atoms with Gasteiger partial charge in [0.1, 0.15) is 0 Å². The molecule has 0 bridgehead atoms. The zero-order valence-corrected chi connectivity index (χ0v) is 12.9. The molecule has 104 valence electrons. The van der Waals surface area contributed by atoms with E-state index in [1.165, 1.54) is 36.3 Å². The second-order valence-electron chi connectivity index (χ2n) is 6.26. The van der Waals surface area contributed by atoms with Crippen molar-refractivity contribution in [3.8, 4) is 0 Å². The van der Waals surface area contributed by atoms with Crippen molar-refractivity contribution >= 4 is 16.3 Å². The molecule has 3 rings (SSSR count). The molecule has 0 atom stereocenters. The van der Waals surface area contributed by atoms with Crippen LogP contribution in [-0.2, 0) is 6.54 Å². The van der Waals surface area contributed by atoms with E-state index < -0.39 is 0 Å². The number of thiazole rings is 1. The lowest BCUT2D eigenvalue weighted by atomic mass is 9.89. The number of rotatable bonds is 4. The van der Waals surface area contributed by atoms with E-state index in [0.717, 1.165) is 23.7 Å². The second kappa shape index (κ2) is 4.91. The third-order valence-electron chi connectivity index (χ3n) is 4.40. The van der Waals surface area contributed by atoms with Gasteiger partial charge in [0.15, 0.2) is 4.96 Å². The molecule has 0 spiro atoms. The summed E-state index contributed by atoms with van der Waals surface area (Å²) in [5.74, 6) is 0. The van der Waals surface area contributed by atoms with Gasteiger partial charge in [0, 0.05) is 24.2 Å². The Morgan fingerprint density at radius 3 is 2.84 bits per heavy atom. The van der Waals surface area contributed by atoms with Gasteiger partial charge in [-0.3, -0.25) is 4.40 Å². The number of aromatic nitrogens is 2. The summed E-state index contributed by atoms with van der Waals surface area (Å²) in [6.07, 6.45) is 7.75. The lowest BCUT2D eigenvalue weighted by Gasteiger charge is -2.23. The predicted octanol–water partition coefficient (Wildman–Crippen LogP) is 3.68. The minimum Gasteiger partial charge on any atom is -0.311 e. The van der Waals surface area contributed by atoms with E-state index in [9.17, 15) is 0 Å². The van der Waals surface area contributed by atoms with Crippen molar-refractivity contribution in [1.82, 2.24) is 14.7 Å². The number of hydrogen-bond acceptors (Lipinski definition) is 3. The van der Waals surface area contributed by atoms with E-state index in [1.54, 1.807) is 11.3 Å². The molecule has 1 saturated carbocycles. The van der Waals surface area contributed by atoms with E-state index in [0.29, 0.717) is 5.41 Å². The van der Waals surface area contributed by atoms with Crippen LogP contribution in [0.3, 0.4) is 0 Å². The zero-order chi connectivity index (χ0) is 13.5. The van der Waals surface area contributed by atoms with E-state index in [-0.39, 0.29) is 0 Å². The fourth-order valence-electron chi connectivity index (χ4n) is 3.21. The average molecular weight is 277 g/mol. The number of imidazole rings is 1. The Balaban J connectivity index is 1.69. The van der Waals surface area contributed by atoms with Gasteiger partial charge in [0.05, 0.1) is 11.4 Å². The monoisotopic (exact) mass is 277 g/mol. The molecule has 0 amide bonds. The van der Waals surface area contributed by atoms with Gasteiger partial charge in [-0.15, -0.1) is 11.3 Å². The summed E-state index contributed by atoms with van der Waals surface area (Å²) in [4.78, 5) is 7.09. The molecule has 2 aromatic rings. The zero-order valence-electron chi connectivity index (χ0n) is 12.1. The van der Waals surface area contributed by atoms with Crippen LogP contribution in [-0.4, -0.2) is 15.9 Å². The highest BCUT2D eigenvalue weighted by Crippen LogP contribution is 2.36. The van der Waals surface area contributed by atoms with Crippen molar-refractivity contribution in [2.75, 3.05) is 6.54 Å². The first-order valence-corrected chi connectivity index (χ1v) is 8.04. The molecule has 1 fully saturated rings. The van der Waals surface area contributed by atoms with Crippen molar-refractivity contribution in [3.05, 3.63) is 22.5 Å². The van der Waals surface area contributed by atoms with Gasteiger partial charge in [-0.05, 0) is 32.1 Å². The SMILES string of the molecule is Cc1cn2c(CNCC3(C)CCCC3)c(C)nc2s1. The van der Waals surface area contributed by atoms with Gasteiger partial charge in [0.25, 0.3) is 0 Å². The number of fused-ring (bicyclic) bond motifs is 1. The standard InChI is InChI=1S/C15H23N3S/c1-11-9-18-13(12(2)17-14(18)19-11)8-16-10-15(3)6-4-5-7-15/h9,16H,4-8,10H2,1-3H3. The highest BCUT2D eigenvalue weighted by Gasteiger charge is 2.28. The normalized spacial score (nSPS) is 18.5. The molecule has 1 aliphatic carbocycles. The Morgan fingerprint density at radius 1 is 1.37 bits per heavy atom. The second-order valence-corrected chi connectivity index (χ2v) is 7.47. The number of hydrogen-bond donors (Lipinski definition) is 1. The molecule has 2 aromatic heterocycles. The van der Waals surface area contributed by atoms with Crippen LogP contribution < -0.4 is 5.32 Å². The maximum Gasteiger partial charge on any atom is 0.194 e. The molecule has 0 unspecified atom stereocenters. The Hall–Kier alpha value is -0.870. The molecule has 19 heavy (non-hydrogen) atoms. The summed E-state index contributed by atoms with van der Waals surface area (Å²) in [6.45, 7) is 8.73. The molecular formula is C15H23N3S. The van der Waals surface area contributed by atoms with Crippen molar-refractivity contribution < 1.29 is 0 Å². The summed E-state index contributed by atoms with van der Waals surface area (Å²) in [5.41, 5.74) is 3.00.